The van der Waals surface area contributed by atoms with Gasteiger partial charge in [0, 0.05) is 12.0 Å². The molecule has 0 fully saturated rings. The fourth-order valence-corrected chi connectivity index (χ4v) is 1.57. The van der Waals surface area contributed by atoms with Gasteiger partial charge < -0.3 is 9.64 Å². The van der Waals surface area contributed by atoms with Crippen LogP contribution in [-0.4, -0.2) is 32.1 Å². The Morgan fingerprint density at radius 3 is 2.57 bits per heavy atom. The van der Waals surface area contributed by atoms with Gasteiger partial charge in [0.15, 0.2) is 0 Å². The highest BCUT2D eigenvalue weighted by Crippen LogP contribution is 2.25. The number of methoxy groups -OCH3 is 1. The molecule has 1 rings (SSSR count). The molecule has 0 aromatic heterocycles. The number of ether oxygens (including phenoxy) is 1. The van der Waals surface area contributed by atoms with Crippen LogP contribution in [0.25, 0.3) is 0 Å². The maximum absolute atomic E-state index is 5.15. The normalized spacial score (nSPS) is 23.6. The van der Waals surface area contributed by atoms with E-state index in [9.17, 15) is 0 Å². The minimum Gasteiger partial charge on any atom is -0.497 e. The smallest absolute Gasteiger partial charge is 0.118 e. The molecule has 2 nitrogen and oxygen atoms in total. The lowest BCUT2D eigenvalue weighted by molar-refractivity contribution is 0.270. The van der Waals surface area contributed by atoms with Gasteiger partial charge in [-0.15, -0.1) is 0 Å². The van der Waals surface area contributed by atoms with Crippen LogP contribution >= 0.6 is 0 Å². The molecule has 0 aromatic carbocycles. The van der Waals surface area contributed by atoms with Gasteiger partial charge in [0.05, 0.1) is 7.11 Å². The molecule has 0 aliphatic heterocycles. The van der Waals surface area contributed by atoms with E-state index in [4.69, 9.17) is 4.74 Å². The van der Waals surface area contributed by atoms with E-state index in [1.54, 1.807) is 7.11 Å². The topological polar surface area (TPSA) is 12.5 Å². The predicted octanol–water partition coefficient (Wildman–Crippen LogP) is 2.21. The molecular formula is C12H19NO. The Kier molecular flexibility index (Phi) is 3.53. The Morgan fingerprint density at radius 2 is 2.14 bits per heavy atom. The zero-order chi connectivity index (χ0) is 10.7. The first-order valence-corrected chi connectivity index (χ1v) is 4.85. The molecule has 0 aromatic rings. The Balaban J connectivity index is 2.74. The third kappa shape index (κ3) is 2.26. The van der Waals surface area contributed by atoms with Crippen molar-refractivity contribution < 1.29 is 4.74 Å². The first-order valence-electron chi connectivity index (χ1n) is 4.85. The molecule has 1 aliphatic rings. The van der Waals surface area contributed by atoms with E-state index in [1.807, 2.05) is 12.2 Å². The Morgan fingerprint density at radius 1 is 1.50 bits per heavy atom. The fraction of sp³-hybridized carbons (Fsp3) is 0.500. The van der Waals surface area contributed by atoms with Gasteiger partial charge in [-0.05, 0) is 38.7 Å². The number of rotatable bonds is 3. The highest BCUT2D eigenvalue weighted by atomic mass is 16.5. The molecule has 0 spiro atoms. The van der Waals surface area contributed by atoms with Crippen LogP contribution in [0.4, 0.5) is 0 Å². The molecule has 0 heterocycles. The lowest BCUT2D eigenvalue weighted by Crippen LogP contribution is -2.32. The summed E-state index contributed by atoms with van der Waals surface area (Å²) in [5.41, 5.74) is 1.12. The van der Waals surface area contributed by atoms with Crippen LogP contribution in [0.3, 0.4) is 0 Å². The van der Waals surface area contributed by atoms with Gasteiger partial charge in [-0.25, -0.2) is 0 Å². The highest BCUT2D eigenvalue weighted by Gasteiger charge is 2.20. The van der Waals surface area contributed by atoms with E-state index in [2.05, 4.69) is 38.6 Å². The molecule has 0 bridgehead atoms. The zero-order valence-electron chi connectivity index (χ0n) is 9.45. The second kappa shape index (κ2) is 4.47. The third-order valence-corrected chi connectivity index (χ3v) is 2.79. The third-order valence-electron chi connectivity index (χ3n) is 2.79. The molecule has 0 saturated heterocycles. The van der Waals surface area contributed by atoms with E-state index in [1.165, 1.54) is 0 Å². The largest absolute Gasteiger partial charge is 0.497 e. The van der Waals surface area contributed by atoms with Crippen molar-refractivity contribution in [2.24, 2.45) is 5.92 Å². The van der Waals surface area contributed by atoms with Crippen molar-refractivity contribution in [1.29, 1.82) is 0 Å². The summed E-state index contributed by atoms with van der Waals surface area (Å²) >= 11 is 0. The molecule has 2 atom stereocenters. The molecule has 2 unspecified atom stereocenters. The number of hydrogen-bond donors (Lipinski definition) is 0. The highest BCUT2D eigenvalue weighted by molar-refractivity contribution is 5.35. The number of hydrogen-bond acceptors (Lipinski definition) is 2. The van der Waals surface area contributed by atoms with Gasteiger partial charge in [-0.1, -0.05) is 12.7 Å². The van der Waals surface area contributed by atoms with E-state index in [-0.39, 0.29) is 0 Å². The molecule has 0 N–H and O–H groups in total. The molecule has 2 heteroatoms. The van der Waals surface area contributed by atoms with Crippen molar-refractivity contribution in [2.45, 2.75) is 13.0 Å². The molecule has 0 saturated carbocycles. The van der Waals surface area contributed by atoms with Gasteiger partial charge >= 0.3 is 0 Å². The maximum atomic E-state index is 5.15. The molecule has 0 amide bonds. The van der Waals surface area contributed by atoms with Crippen molar-refractivity contribution in [2.75, 3.05) is 21.2 Å². The summed E-state index contributed by atoms with van der Waals surface area (Å²) in [6.07, 6.45) is 6.18. The lowest BCUT2D eigenvalue weighted by Gasteiger charge is -2.29. The number of nitrogens with zero attached hydrogens (tertiary/aromatic N) is 1. The van der Waals surface area contributed by atoms with Crippen LogP contribution in [0.1, 0.15) is 6.92 Å². The van der Waals surface area contributed by atoms with Crippen LogP contribution < -0.4 is 0 Å². The van der Waals surface area contributed by atoms with Gasteiger partial charge in [0.25, 0.3) is 0 Å². The summed E-state index contributed by atoms with van der Waals surface area (Å²) in [6, 6.07) is 0.466. The minimum absolute atomic E-state index is 0.392. The summed E-state index contributed by atoms with van der Waals surface area (Å²) < 4.78 is 5.15. The van der Waals surface area contributed by atoms with Crippen LogP contribution in [-0.2, 0) is 4.74 Å². The second-order valence-electron chi connectivity index (χ2n) is 3.91. The van der Waals surface area contributed by atoms with E-state index < -0.39 is 0 Å². The molecule has 0 radical (unpaired) electrons. The van der Waals surface area contributed by atoms with Gasteiger partial charge in [-0.3, -0.25) is 0 Å². The van der Waals surface area contributed by atoms with Crippen molar-refractivity contribution >= 4 is 0 Å². The Hall–Kier alpha value is -1.02. The fourth-order valence-electron chi connectivity index (χ4n) is 1.57. The molecular weight excluding hydrogens is 174 g/mol. The summed E-state index contributed by atoms with van der Waals surface area (Å²) in [4.78, 5) is 2.20. The van der Waals surface area contributed by atoms with E-state index in [0.29, 0.717) is 12.0 Å². The van der Waals surface area contributed by atoms with Crippen molar-refractivity contribution in [1.82, 2.24) is 4.90 Å². The maximum Gasteiger partial charge on any atom is 0.118 e. The quantitative estimate of drug-likeness (QED) is 0.681. The van der Waals surface area contributed by atoms with Crippen molar-refractivity contribution in [3.05, 3.63) is 36.1 Å². The average Bonchev–Trinajstić information content (AvgIpc) is 2.16. The van der Waals surface area contributed by atoms with Gasteiger partial charge in [0.1, 0.15) is 5.76 Å². The van der Waals surface area contributed by atoms with Crippen LogP contribution in [0.5, 0.6) is 0 Å². The van der Waals surface area contributed by atoms with Crippen LogP contribution in [0.2, 0.25) is 0 Å². The van der Waals surface area contributed by atoms with Gasteiger partial charge in [-0.2, -0.15) is 0 Å². The Bertz CT molecular complexity index is 276. The molecule has 1 aliphatic carbocycles. The standard InChI is InChI=1S/C12H19NO/c1-9-8-11(14-5)6-7-12(9)10(2)13(3)4/h6-8,10,12H,1H2,2-5H3. The number of allylic oxidation sites excluding steroid dienone is 2. The van der Waals surface area contributed by atoms with Crippen molar-refractivity contribution in [3.8, 4) is 0 Å². The average molecular weight is 193 g/mol. The van der Waals surface area contributed by atoms with Gasteiger partial charge in [0.2, 0.25) is 0 Å². The summed E-state index contributed by atoms with van der Waals surface area (Å²) in [7, 11) is 5.85. The zero-order valence-corrected chi connectivity index (χ0v) is 9.45. The monoisotopic (exact) mass is 193 g/mol. The van der Waals surface area contributed by atoms with Crippen LogP contribution in [0, 0.1) is 5.92 Å². The summed E-state index contributed by atoms with van der Waals surface area (Å²) in [6.45, 7) is 6.26. The molecule has 14 heavy (non-hydrogen) atoms. The predicted molar refractivity (Wildman–Crippen MR) is 60.0 cm³/mol. The van der Waals surface area contributed by atoms with E-state index in [0.717, 1.165) is 11.3 Å². The summed E-state index contributed by atoms with van der Waals surface area (Å²) in [5.74, 6) is 1.28. The SMILES string of the molecule is C=C1C=C(OC)C=CC1C(C)N(C)C. The second-order valence-corrected chi connectivity index (χ2v) is 3.91. The lowest BCUT2D eigenvalue weighted by atomic mass is 9.88. The minimum atomic E-state index is 0.392. The summed E-state index contributed by atoms with van der Waals surface area (Å²) in [5, 5.41) is 0. The van der Waals surface area contributed by atoms with E-state index >= 15 is 0 Å². The van der Waals surface area contributed by atoms with Crippen LogP contribution in [0.15, 0.2) is 36.1 Å². The Labute approximate surface area is 86.6 Å². The molecule has 78 valence electrons. The first kappa shape index (κ1) is 11.1. The van der Waals surface area contributed by atoms with Crippen molar-refractivity contribution in [3.63, 3.8) is 0 Å². The first-order chi connectivity index (χ1) is 6.56.